The molecule has 1 saturated carbocycles. The Morgan fingerprint density at radius 3 is 2.64 bits per heavy atom. The van der Waals surface area contributed by atoms with Crippen LogP contribution in [-0.2, 0) is 6.54 Å². The molecule has 7 heteroatoms. The van der Waals surface area contributed by atoms with Crippen LogP contribution in [0.25, 0.3) is 11.5 Å². The first kappa shape index (κ1) is 18.5. The minimum absolute atomic E-state index is 0.0854. The number of halogens is 1. The lowest BCUT2D eigenvalue weighted by molar-refractivity contribution is 0.0710. The first-order valence-electron chi connectivity index (χ1n) is 9.27. The summed E-state index contributed by atoms with van der Waals surface area (Å²) in [4.78, 5) is 15.0. The maximum absolute atomic E-state index is 13.2. The first-order chi connectivity index (χ1) is 13.7. The summed E-state index contributed by atoms with van der Waals surface area (Å²) in [6.07, 6.45) is 1.95. The fourth-order valence-corrected chi connectivity index (χ4v) is 3.13. The number of nitrogens with zero attached hydrogens (tertiary/aromatic N) is 3. The third-order valence-electron chi connectivity index (χ3n) is 4.53. The van der Waals surface area contributed by atoms with Crippen molar-refractivity contribution in [3.05, 3.63) is 65.0 Å². The zero-order chi connectivity index (χ0) is 19.5. The molecule has 1 aliphatic carbocycles. The van der Waals surface area contributed by atoms with E-state index in [4.69, 9.17) is 20.8 Å². The minimum atomic E-state index is -0.0854. The second-order valence-electron chi connectivity index (χ2n) is 6.60. The van der Waals surface area contributed by atoms with Gasteiger partial charge in [-0.15, -0.1) is 10.2 Å². The maximum atomic E-state index is 13.2. The molecule has 0 unspecified atom stereocenters. The number of aromatic nitrogens is 2. The smallest absolute Gasteiger partial charge is 0.258 e. The molecule has 1 fully saturated rings. The predicted molar refractivity (Wildman–Crippen MR) is 105 cm³/mol. The average molecular weight is 398 g/mol. The molecule has 1 aromatic heterocycles. The van der Waals surface area contributed by atoms with Crippen LogP contribution >= 0.6 is 11.6 Å². The van der Waals surface area contributed by atoms with Gasteiger partial charge < -0.3 is 14.1 Å². The normalized spacial score (nSPS) is 13.4. The van der Waals surface area contributed by atoms with Gasteiger partial charge in [-0.1, -0.05) is 23.7 Å². The molecule has 144 valence electrons. The predicted octanol–water partition coefficient (Wildman–Crippen LogP) is 4.59. The zero-order valence-corrected chi connectivity index (χ0v) is 16.2. The van der Waals surface area contributed by atoms with E-state index in [0.29, 0.717) is 34.7 Å². The fourth-order valence-electron chi connectivity index (χ4n) is 3.00. The van der Waals surface area contributed by atoms with Crippen LogP contribution in [0.5, 0.6) is 5.75 Å². The summed E-state index contributed by atoms with van der Waals surface area (Å²) in [7, 11) is 0. The van der Waals surface area contributed by atoms with Crippen LogP contribution in [0.15, 0.2) is 52.9 Å². The number of hydrogen-bond donors (Lipinski definition) is 0. The number of ether oxygens (including phenoxy) is 1. The molecule has 28 heavy (non-hydrogen) atoms. The summed E-state index contributed by atoms with van der Waals surface area (Å²) in [5.74, 6) is 1.31. The number of rotatable bonds is 7. The molecule has 4 rings (SSSR count). The molecule has 1 amide bonds. The minimum Gasteiger partial charge on any atom is -0.493 e. The van der Waals surface area contributed by atoms with Gasteiger partial charge in [0.05, 0.1) is 18.7 Å². The van der Waals surface area contributed by atoms with E-state index in [0.717, 1.165) is 18.4 Å². The number of para-hydroxylation sites is 1. The van der Waals surface area contributed by atoms with Gasteiger partial charge >= 0.3 is 0 Å². The largest absolute Gasteiger partial charge is 0.493 e. The molecule has 0 bridgehead atoms. The van der Waals surface area contributed by atoms with Gasteiger partial charge in [-0.05, 0) is 56.2 Å². The van der Waals surface area contributed by atoms with E-state index in [9.17, 15) is 4.79 Å². The standard InChI is InChI=1S/C21H20ClN3O3/c1-2-27-18-6-4-3-5-17(18)21(26)25(16-11-12-16)13-19-23-24-20(28-19)14-7-9-15(22)10-8-14/h3-10,16H,2,11-13H2,1H3. The second kappa shape index (κ2) is 8.02. The number of hydrogen-bond acceptors (Lipinski definition) is 5. The van der Waals surface area contributed by atoms with Crippen LogP contribution in [0, 0.1) is 0 Å². The molecule has 1 heterocycles. The molecule has 0 atom stereocenters. The summed E-state index contributed by atoms with van der Waals surface area (Å²) < 4.78 is 11.4. The molecule has 3 aromatic rings. The molecule has 0 aliphatic heterocycles. The topological polar surface area (TPSA) is 68.5 Å². The summed E-state index contributed by atoms with van der Waals surface area (Å²) in [6.45, 7) is 2.67. The van der Waals surface area contributed by atoms with Crippen molar-refractivity contribution in [3.63, 3.8) is 0 Å². The maximum Gasteiger partial charge on any atom is 0.258 e. The van der Waals surface area contributed by atoms with Gasteiger partial charge in [0.25, 0.3) is 5.91 Å². The SMILES string of the molecule is CCOc1ccccc1C(=O)N(Cc1nnc(-c2ccc(Cl)cc2)o1)C1CC1. The van der Waals surface area contributed by atoms with E-state index >= 15 is 0 Å². The number of carbonyl (C=O) groups excluding carboxylic acids is 1. The van der Waals surface area contributed by atoms with E-state index in [1.54, 1.807) is 23.1 Å². The second-order valence-corrected chi connectivity index (χ2v) is 7.04. The zero-order valence-electron chi connectivity index (χ0n) is 15.5. The fraction of sp³-hybridized carbons (Fsp3) is 0.286. The van der Waals surface area contributed by atoms with E-state index in [-0.39, 0.29) is 18.5 Å². The Kier molecular flexibility index (Phi) is 5.30. The van der Waals surface area contributed by atoms with Crippen molar-refractivity contribution in [1.82, 2.24) is 15.1 Å². The van der Waals surface area contributed by atoms with Crippen molar-refractivity contribution in [1.29, 1.82) is 0 Å². The van der Waals surface area contributed by atoms with Gasteiger partial charge in [0.2, 0.25) is 11.8 Å². The van der Waals surface area contributed by atoms with Crippen LogP contribution < -0.4 is 4.74 Å². The molecular formula is C21H20ClN3O3. The molecule has 2 aromatic carbocycles. The van der Waals surface area contributed by atoms with Gasteiger partial charge in [0.15, 0.2) is 0 Å². The Morgan fingerprint density at radius 2 is 1.93 bits per heavy atom. The Labute approximate surface area is 168 Å². The van der Waals surface area contributed by atoms with Gasteiger partial charge in [-0.2, -0.15) is 0 Å². The van der Waals surface area contributed by atoms with E-state index in [1.807, 2.05) is 37.3 Å². The average Bonchev–Trinajstić information content (AvgIpc) is 3.45. The Hall–Kier alpha value is -2.86. The Morgan fingerprint density at radius 1 is 1.18 bits per heavy atom. The van der Waals surface area contributed by atoms with E-state index < -0.39 is 0 Å². The highest BCUT2D eigenvalue weighted by Gasteiger charge is 2.35. The highest BCUT2D eigenvalue weighted by molar-refractivity contribution is 6.30. The van der Waals surface area contributed by atoms with Crippen molar-refractivity contribution < 1.29 is 13.9 Å². The van der Waals surface area contributed by atoms with Crippen LogP contribution in [0.4, 0.5) is 0 Å². The lowest BCUT2D eigenvalue weighted by atomic mass is 10.1. The highest BCUT2D eigenvalue weighted by Crippen LogP contribution is 2.32. The molecule has 0 saturated heterocycles. The summed E-state index contributed by atoms with van der Waals surface area (Å²) in [6, 6.07) is 14.7. The molecule has 0 radical (unpaired) electrons. The van der Waals surface area contributed by atoms with E-state index in [2.05, 4.69) is 10.2 Å². The Bertz CT molecular complexity index is 967. The van der Waals surface area contributed by atoms with Crippen LogP contribution in [0.2, 0.25) is 5.02 Å². The lowest BCUT2D eigenvalue weighted by Gasteiger charge is -2.22. The quantitative estimate of drug-likeness (QED) is 0.583. The summed E-state index contributed by atoms with van der Waals surface area (Å²) in [5, 5.41) is 8.87. The van der Waals surface area contributed by atoms with Crippen molar-refractivity contribution in [2.45, 2.75) is 32.4 Å². The third kappa shape index (κ3) is 4.02. The molecule has 0 spiro atoms. The van der Waals surface area contributed by atoms with Crippen molar-refractivity contribution in [3.8, 4) is 17.2 Å². The van der Waals surface area contributed by atoms with Crippen LogP contribution in [0.3, 0.4) is 0 Å². The van der Waals surface area contributed by atoms with Gasteiger partial charge in [0.1, 0.15) is 5.75 Å². The molecule has 6 nitrogen and oxygen atoms in total. The van der Waals surface area contributed by atoms with E-state index in [1.165, 1.54) is 0 Å². The van der Waals surface area contributed by atoms with Crippen LogP contribution in [-0.4, -0.2) is 33.7 Å². The first-order valence-corrected chi connectivity index (χ1v) is 9.64. The van der Waals surface area contributed by atoms with Gasteiger partial charge in [0, 0.05) is 16.6 Å². The van der Waals surface area contributed by atoms with Gasteiger partial charge in [-0.25, -0.2) is 0 Å². The monoisotopic (exact) mass is 397 g/mol. The summed E-state index contributed by atoms with van der Waals surface area (Å²) >= 11 is 5.92. The Balaban J connectivity index is 1.55. The van der Waals surface area contributed by atoms with Crippen molar-refractivity contribution in [2.75, 3.05) is 6.61 Å². The third-order valence-corrected chi connectivity index (χ3v) is 4.78. The number of carbonyl (C=O) groups is 1. The lowest BCUT2D eigenvalue weighted by Crippen LogP contribution is -2.33. The molecule has 0 N–H and O–H groups in total. The summed E-state index contributed by atoms with van der Waals surface area (Å²) in [5.41, 5.74) is 1.34. The molecule has 1 aliphatic rings. The highest BCUT2D eigenvalue weighted by atomic mass is 35.5. The van der Waals surface area contributed by atoms with Crippen molar-refractivity contribution in [2.24, 2.45) is 0 Å². The van der Waals surface area contributed by atoms with Crippen molar-refractivity contribution >= 4 is 17.5 Å². The molecular weight excluding hydrogens is 378 g/mol. The van der Waals surface area contributed by atoms with Gasteiger partial charge in [-0.3, -0.25) is 4.79 Å². The number of amides is 1. The van der Waals surface area contributed by atoms with Crippen LogP contribution in [0.1, 0.15) is 36.0 Å². The number of benzene rings is 2.